The summed E-state index contributed by atoms with van der Waals surface area (Å²) >= 11 is 7.04. The maximum Gasteiger partial charge on any atom is 0.0732 e. The lowest BCUT2D eigenvalue weighted by Crippen LogP contribution is -2.13. The van der Waals surface area contributed by atoms with Crippen LogP contribution in [0.4, 0.5) is 0 Å². The van der Waals surface area contributed by atoms with Crippen LogP contribution in [-0.4, -0.2) is 52.9 Å². The van der Waals surface area contributed by atoms with Crippen LogP contribution < -0.4 is 0 Å². The molecule has 4 aromatic heterocycles. The van der Waals surface area contributed by atoms with Crippen LogP contribution in [-0.2, 0) is 36.9 Å². The maximum atomic E-state index is 5.77. The second-order valence-electron chi connectivity index (χ2n) is 7.45. The summed E-state index contributed by atoms with van der Waals surface area (Å²) in [5.41, 5.74) is 2.47. The van der Waals surface area contributed by atoms with E-state index in [-0.39, 0.29) is 0 Å². The van der Waals surface area contributed by atoms with Gasteiger partial charge in [0, 0.05) is 19.5 Å². The van der Waals surface area contributed by atoms with Crippen LogP contribution >= 0.6 is 45.3 Å². The van der Waals surface area contributed by atoms with Crippen molar-refractivity contribution in [3.8, 4) is 19.5 Å². The van der Waals surface area contributed by atoms with Gasteiger partial charge in [-0.3, -0.25) is 0 Å². The predicted octanol–water partition coefficient (Wildman–Crippen LogP) is 7.05. The van der Waals surface area contributed by atoms with Gasteiger partial charge in [-0.1, -0.05) is 12.1 Å². The van der Waals surface area contributed by atoms with Gasteiger partial charge in [0.1, 0.15) is 0 Å². The molecule has 35 heavy (non-hydrogen) atoms. The molecule has 0 N–H and O–H groups in total. The molecule has 0 saturated heterocycles. The van der Waals surface area contributed by atoms with Gasteiger partial charge in [0.2, 0.25) is 0 Å². The van der Waals surface area contributed by atoms with E-state index in [1.54, 1.807) is 45.3 Å². The van der Waals surface area contributed by atoms with E-state index in [1.165, 1.54) is 30.6 Å². The molecule has 0 aliphatic heterocycles. The van der Waals surface area contributed by atoms with Gasteiger partial charge in [0.25, 0.3) is 0 Å². The van der Waals surface area contributed by atoms with Crippen molar-refractivity contribution in [2.24, 2.45) is 0 Å². The van der Waals surface area contributed by atoms with E-state index >= 15 is 0 Å². The first kappa shape index (κ1) is 26.7. The summed E-state index contributed by atoms with van der Waals surface area (Å²) in [6, 6.07) is 12.7. The van der Waals surface area contributed by atoms with Crippen molar-refractivity contribution in [1.29, 1.82) is 0 Å². The average Bonchev–Trinajstić information content (AvgIpc) is 3.68. The Labute approximate surface area is 222 Å². The average molecular weight is 551 g/mol. The highest BCUT2D eigenvalue weighted by Gasteiger charge is 2.09. The molecule has 0 aliphatic carbocycles. The molecular formula is C26H30O5S4. The first-order valence-corrected chi connectivity index (χ1v) is 15.0. The van der Waals surface area contributed by atoms with Crippen molar-refractivity contribution in [3.63, 3.8) is 0 Å². The van der Waals surface area contributed by atoms with Crippen molar-refractivity contribution in [1.82, 2.24) is 0 Å². The molecule has 0 atom stereocenters. The second-order valence-corrected chi connectivity index (χ2v) is 11.2. The summed E-state index contributed by atoms with van der Waals surface area (Å²) in [7, 11) is 0. The molecule has 4 aromatic rings. The van der Waals surface area contributed by atoms with Gasteiger partial charge < -0.3 is 23.7 Å². The number of hydrogen-bond acceptors (Lipinski definition) is 9. The van der Waals surface area contributed by atoms with E-state index in [4.69, 9.17) is 23.7 Å². The Morgan fingerprint density at radius 3 is 1.20 bits per heavy atom. The van der Waals surface area contributed by atoms with Crippen molar-refractivity contribution in [3.05, 3.63) is 69.0 Å². The molecule has 0 amide bonds. The van der Waals surface area contributed by atoms with Crippen LogP contribution in [0, 0.1) is 0 Å². The molecule has 0 fully saturated rings. The van der Waals surface area contributed by atoms with Crippen LogP contribution in [0.5, 0.6) is 0 Å². The fourth-order valence-electron chi connectivity index (χ4n) is 3.29. The van der Waals surface area contributed by atoms with Crippen LogP contribution in [0.1, 0.15) is 11.1 Å². The smallest absolute Gasteiger partial charge is 0.0732 e. The van der Waals surface area contributed by atoms with Gasteiger partial charge in [-0.25, -0.2) is 0 Å². The molecule has 0 spiro atoms. The molecule has 0 bridgehead atoms. The molecule has 9 heteroatoms. The molecular weight excluding hydrogens is 521 g/mol. The Morgan fingerprint density at radius 1 is 0.429 bits per heavy atom. The summed E-state index contributed by atoms with van der Waals surface area (Å²) in [4.78, 5) is 5.19. The van der Waals surface area contributed by atoms with E-state index in [9.17, 15) is 0 Å². The first-order valence-electron chi connectivity index (χ1n) is 11.5. The molecule has 0 unspecified atom stereocenters. The minimum Gasteiger partial charge on any atom is -0.377 e. The third kappa shape index (κ3) is 8.89. The Bertz CT molecular complexity index is 971. The summed E-state index contributed by atoms with van der Waals surface area (Å²) in [5, 5.41) is 8.44. The summed E-state index contributed by atoms with van der Waals surface area (Å²) in [6.07, 6.45) is 0. The zero-order valence-corrected chi connectivity index (χ0v) is 22.8. The Kier molecular flexibility index (Phi) is 11.9. The van der Waals surface area contributed by atoms with Crippen LogP contribution in [0.2, 0.25) is 0 Å². The fraction of sp³-hybridized carbons (Fsp3) is 0.385. The highest BCUT2D eigenvalue weighted by atomic mass is 32.1. The number of thiophene rings is 4. The van der Waals surface area contributed by atoms with E-state index in [2.05, 4.69) is 57.9 Å². The molecule has 5 nitrogen and oxygen atoms in total. The van der Waals surface area contributed by atoms with Crippen molar-refractivity contribution >= 4 is 45.3 Å². The lowest BCUT2D eigenvalue weighted by molar-refractivity contribution is -0.0137. The summed E-state index contributed by atoms with van der Waals surface area (Å²) in [6.45, 7) is 5.71. The van der Waals surface area contributed by atoms with Gasteiger partial charge in [-0.15, -0.1) is 45.3 Å². The van der Waals surface area contributed by atoms with Crippen LogP contribution in [0.25, 0.3) is 19.5 Å². The van der Waals surface area contributed by atoms with E-state index in [0.717, 1.165) is 0 Å². The Hall–Kier alpha value is -1.40. The monoisotopic (exact) mass is 550 g/mol. The highest BCUT2D eigenvalue weighted by molar-refractivity contribution is 7.21. The molecule has 4 rings (SSSR count). The van der Waals surface area contributed by atoms with Gasteiger partial charge in [-0.2, -0.15) is 0 Å². The summed E-state index contributed by atoms with van der Waals surface area (Å²) < 4.78 is 28.3. The van der Waals surface area contributed by atoms with E-state index in [1.807, 2.05) is 0 Å². The standard InChI is InChI=1S/C26H30O5S4/c1-3-23(32-15-1)25-21(5-17-34-25)19-30-13-11-28-9-7-27-8-10-29-12-14-31-20-22-6-18-35-26(22)24-4-2-16-33-24/h1-6,15-18H,7-14,19-20H2. The zero-order valence-electron chi connectivity index (χ0n) is 19.5. The topological polar surface area (TPSA) is 46.2 Å². The van der Waals surface area contributed by atoms with E-state index in [0.29, 0.717) is 66.1 Å². The molecule has 188 valence electrons. The Balaban J connectivity index is 0.928. The second kappa shape index (κ2) is 15.7. The molecule has 0 aliphatic rings. The first-order chi connectivity index (χ1) is 17.4. The molecule has 0 aromatic carbocycles. The van der Waals surface area contributed by atoms with Gasteiger partial charge in [0.15, 0.2) is 0 Å². The van der Waals surface area contributed by atoms with E-state index < -0.39 is 0 Å². The van der Waals surface area contributed by atoms with Crippen LogP contribution in [0.3, 0.4) is 0 Å². The minimum atomic E-state index is 0.552. The third-order valence-electron chi connectivity index (χ3n) is 4.99. The fourth-order valence-corrected chi connectivity index (χ4v) is 6.93. The lowest BCUT2D eigenvalue weighted by atomic mass is 10.2. The van der Waals surface area contributed by atoms with Crippen molar-refractivity contribution < 1.29 is 23.7 Å². The SMILES string of the molecule is c1csc(-c2sccc2COCCOCCOCCOCCOCc2ccsc2-c2cccs2)c1. The molecule has 0 saturated carbocycles. The van der Waals surface area contributed by atoms with Gasteiger partial charge in [0.05, 0.1) is 66.1 Å². The van der Waals surface area contributed by atoms with Gasteiger partial charge in [-0.05, 0) is 56.9 Å². The molecule has 0 radical (unpaired) electrons. The third-order valence-corrected chi connectivity index (χ3v) is 9.00. The number of ether oxygens (including phenoxy) is 5. The summed E-state index contributed by atoms with van der Waals surface area (Å²) in [5.74, 6) is 0. The molecule has 4 heterocycles. The normalized spacial score (nSPS) is 11.4. The highest BCUT2D eigenvalue weighted by Crippen LogP contribution is 2.34. The van der Waals surface area contributed by atoms with Crippen LogP contribution in [0.15, 0.2) is 57.9 Å². The largest absolute Gasteiger partial charge is 0.377 e. The zero-order chi connectivity index (χ0) is 24.0. The quantitative estimate of drug-likeness (QED) is 0.124. The predicted molar refractivity (Wildman–Crippen MR) is 147 cm³/mol. The van der Waals surface area contributed by atoms with Gasteiger partial charge >= 0.3 is 0 Å². The van der Waals surface area contributed by atoms with Crippen molar-refractivity contribution in [2.45, 2.75) is 13.2 Å². The lowest BCUT2D eigenvalue weighted by Gasteiger charge is -2.08. The number of rotatable bonds is 18. The minimum absolute atomic E-state index is 0.552. The number of hydrogen-bond donors (Lipinski definition) is 0. The van der Waals surface area contributed by atoms with Crippen molar-refractivity contribution in [2.75, 3.05) is 52.9 Å². The maximum absolute atomic E-state index is 5.77. The Morgan fingerprint density at radius 2 is 0.829 bits per heavy atom.